The second-order valence-electron chi connectivity index (χ2n) is 8.24. The molecule has 2 aliphatic heterocycles. The number of hydrogen-bond donors (Lipinski definition) is 2. The Balaban J connectivity index is 1.59. The Kier molecular flexibility index (Phi) is 6.40. The second kappa shape index (κ2) is 8.61. The summed E-state index contributed by atoms with van der Waals surface area (Å²) in [4.78, 5) is 13.7. The standard InChI is InChI=1S/C21H29NO6/c1-21(2,3)28-20(25)15-4-6-16(7-5-15)27-17-12-18(23)22(19(17)24)13-14-8-10-26-11-9-14/h4-7,12,14,18-19,23-24H,8-11,13H2,1-3H3. The molecule has 1 fully saturated rings. The van der Waals surface area contributed by atoms with Crippen molar-refractivity contribution in [3.8, 4) is 5.75 Å². The molecule has 2 unspecified atom stereocenters. The number of rotatable bonds is 5. The minimum atomic E-state index is -1.01. The average molecular weight is 391 g/mol. The molecule has 2 heterocycles. The Labute approximate surface area is 165 Å². The number of aliphatic hydroxyl groups excluding tert-OH is 2. The van der Waals surface area contributed by atoms with Gasteiger partial charge in [0.25, 0.3) is 0 Å². The number of hydrogen-bond acceptors (Lipinski definition) is 7. The lowest BCUT2D eigenvalue weighted by Gasteiger charge is -2.31. The molecule has 0 amide bonds. The SMILES string of the molecule is CC(C)(C)OC(=O)c1ccc(OC2=CC(O)N(CC3CCOCC3)C2O)cc1. The van der Waals surface area contributed by atoms with E-state index in [1.54, 1.807) is 29.2 Å². The number of carbonyl (C=O) groups is 1. The van der Waals surface area contributed by atoms with Crippen molar-refractivity contribution in [1.82, 2.24) is 4.90 Å². The zero-order chi connectivity index (χ0) is 20.3. The van der Waals surface area contributed by atoms with E-state index in [0.29, 0.717) is 37.0 Å². The number of ether oxygens (including phenoxy) is 3. The summed E-state index contributed by atoms with van der Waals surface area (Å²) in [6, 6.07) is 6.50. The van der Waals surface area contributed by atoms with Crippen LogP contribution >= 0.6 is 0 Å². The van der Waals surface area contributed by atoms with Crippen molar-refractivity contribution in [2.24, 2.45) is 5.92 Å². The fourth-order valence-corrected chi connectivity index (χ4v) is 3.29. The summed E-state index contributed by atoms with van der Waals surface area (Å²) in [7, 11) is 0. The lowest BCUT2D eigenvalue weighted by molar-refractivity contribution is -0.0691. The lowest BCUT2D eigenvalue weighted by atomic mass is 10.00. The normalized spacial score (nSPS) is 24.1. The van der Waals surface area contributed by atoms with Crippen molar-refractivity contribution in [3.63, 3.8) is 0 Å². The molecule has 0 radical (unpaired) electrons. The Morgan fingerprint density at radius 3 is 2.43 bits per heavy atom. The first-order valence-corrected chi connectivity index (χ1v) is 9.65. The van der Waals surface area contributed by atoms with E-state index in [-0.39, 0.29) is 5.76 Å². The Hall–Kier alpha value is -1.93. The summed E-state index contributed by atoms with van der Waals surface area (Å²) in [6.07, 6.45) is 1.43. The lowest BCUT2D eigenvalue weighted by Crippen LogP contribution is -2.42. The highest BCUT2D eigenvalue weighted by molar-refractivity contribution is 5.89. The van der Waals surface area contributed by atoms with Crippen LogP contribution in [0.25, 0.3) is 0 Å². The first-order valence-electron chi connectivity index (χ1n) is 9.65. The average Bonchev–Trinajstić information content (AvgIpc) is 2.89. The molecule has 7 nitrogen and oxygen atoms in total. The maximum Gasteiger partial charge on any atom is 0.338 e. The van der Waals surface area contributed by atoms with E-state index in [1.165, 1.54) is 6.08 Å². The van der Waals surface area contributed by atoms with E-state index >= 15 is 0 Å². The highest BCUT2D eigenvalue weighted by Gasteiger charge is 2.35. The third kappa shape index (κ3) is 5.32. The van der Waals surface area contributed by atoms with Crippen LogP contribution in [0.5, 0.6) is 5.75 Å². The molecule has 0 aromatic heterocycles. The van der Waals surface area contributed by atoms with Crippen LogP contribution < -0.4 is 4.74 Å². The van der Waals surface area contributed by atoms with Crippen LogP contribution in [0.15, 0.2) is 36.1 Å². The van der Waals surface area contributed by atoms with Gasteiger partial charge in [-0.25, -0.2) is 9.69 Å². The topological polar surface area (TPSA) is 88.5 Å². The van der Waals surface area contributed by atoms with Crippen LogP contribution in [0, 0.1) is 5.92 Å². The smallest absolute Gasteiger partial charge is 0.338 e. The fourth-order valence-electron chi connectivity index (χ4n) is 3.29. The van der Waals surface area contributed by atoms with Crippen LogP contribution in [0.3, 0.4) is 0 Å². The molecule has 2 aliphatic rings. The molecule has 2 N–H and O–H groups in total. The van der Waals surface area contributed by atoms with Gasteiger partial charge in [0.1, 0.15) is 23.3 Å². The highest BCUT2D eigenvalue weighted by atomic mass is 16.6. The highest BCUT2D eigenvalue weighted by Crippen LogP contribution is 2.28. The van der Waals surface area contributed by atoms with Crippen molar-refractivity contribution in [2.75, 3.05) is 19.8 Å². The third-order valence-electron chi connectivity index (χ3n) is 4.76. The molecule has 2 atom stereocenters. The Morgan fingerprint density at radius 1 is 1.18 bits per heavy atom. The van der Waals surface area contributed by atoms with Gasteiger partial charge in [-0.2, -0.15) is 0 Å². The third-order valence-corrected chi connectivity index (χ3v) is 4.76. The van der Waals surface area contributed by atoms with Crippen molar-refractivity contribution in [3.05, 3.63) is 41.7 Å². The molecule has 154 valence electrons. The van der Waals surface area contributed by atoms with Gasteiger partial charge < -0.3 is 24.4 Å². The minimum Gasteiger partial charge on any atom is -0.458 e. The predicted molar refractivity (Wildman–Crippen MR) is 103 cm³/mol. The fraction of sp³-hybridized carbons (Fsp3) is 0.571. The van der Waals surface area contributed by atoms with Gasteiger partial charge >= 0.3 is 5.97 Å². The van der Waals surface area contributed by atoms with Crippen molar-refractivity contribution in [1.29, 1.82) is 0 Å². The number of nitrogens with zero attached hydrogens (tertiary/aromatic N) is 1. The molecule has 0 bridgehead atoms. The van der Waals surface area contributed by atoms with Crippen molar-refractivity contribution >= 4 is 5.97 Å². The van der Waals surface area contributed by atoms with Gasteiger partial charge in [-0.05, 0) is 63.8 Å². The van der Waals surface area contributed by atoms with Crippen LogP contribution in [0.4, 0.5) is 0 Å². The molecule has 7 heteroatoms. The quantitative estimate of drug-likeness (QED) is 0.745. The second-order valence-corrected chi connectivity index (χ2v) is 8.24. The zero-order valence-electron chi connectivity index (χ0n) is 16.6. The van der Waals surface area contributed by atoms with Gasteiger partial charge in [-0.1, -0.05) is 0 Å². The summed E-state index contributed by atoms with van der Waals surface area (Å²) in [6.45, 7) is 7.44. The Morgan fingerprint density at radius 2 is 1.82 bits per heavy atom. The van der Waals surface area contributed by atoms with Crippen molar-refractivity contribution in [2.45, 2.75) is 51.7 Å². The van der Waals surface area contributed by atoms with Gasteiger partial charge in [-0.15, -0.1) is 0 Å². The summed E-state index contributed by atoms with van der Waals surface area (Å²) >= 11 is 0. The molecular weight excluding hydrogens is 362 g/mol. The number of aliphatic hydroxyl groups is 2. The van der Waals surface area contributed by atoms with Crippen LogP contribution in [0.2, 0.25) is 0 Å². The van der Waals surface area contributed by atoms with Crippen molar-refractivity contribution < 1.29 is 29.2 Å². The monoisotopic (exact) mass is 391 g/mol. The van der Waals surface area contributed by atoms with Crippen LogP contribution in [0.1, 0.15) is 44.0 Å². The van der Waals surface area contributed by atoms with E-state index in [0.717, 1.165) is 12.8 Å². The largest absolute Gasteiger partial charge is 0.458 e. The van der Waals surface area contributed by atoms with Gasteiger partial charge in [-0.3, -0.25) is 0 Å². The van der Waals surface area contributed by atoms with Crippen LogP contribution in [-0.4, -0.2) is 58.9 Å². The zero-order valence-corrected chi connectivity index (χ0v) is 16.6. The molecule has 1 saturated heterocycles. The number of esters is 1. The first kappa shape index (κ1) is 20.8. The predicted octanol–water partition coefficient (Wildman–Crippen LogP) is 2.28. The van der Waals surface area contributed by atoms with E-state index < -0.39 is 24.0 Å². The maximum atomic E-state index is 12.1. The summed E-state index contributed by atoms with van der Waals surface area (Å²) < 4.78 is 16.4. The molecule has 0 aliphatic carbocycles. The van der Waals surface area contributed by atoms with Crippen LogP contribution in [-0.2, 0) is 9.47 Å². The first-order chi connectivity index (χ1) is 13.2. The summed E-state index contributed by atoms with van der Waals surface area (Å²) in [5.41, 5.74) is -0.140. The van der Waals surface area contributed by atoms with E-state index in [4.69, 9.17) is 14.2 Å². The summed E-state index contributed by atoms with van der Waals surface area (Å²) in [5.74, 6) is 0.721. The molecule has 3 rings (SSSR count). The molecule has 1 aromatic carbocycles. The van der Waals surface area contributed by atoms with E-state index in [2.05, 4.69) is 0 Å². The van der Waals surface area contributed by atoms with Gasteiger partial charge in [0, 0.05) is 25.8 Å². The molecular formula is C21H29NO6. The maximum absolute atomic E-state index is 12.1. The molecule has 28 heavy (non-hydrogen) atoms. The Bertz CT molecular complexity index is 703. The summed E-state index contributed by atoms with van der Waals surface area (Å²) in [5, 5.41) is 20.8. The van der Waals surface area contributed by atoms with E-state index in [1.807, 2.05) is 20.8 Å². The van der Waals surface area contributed by atoms with Gasteiger partial charge in [0.05, 0.1) is 5.56 Å². The van der Waals surface area contributed by atoms with E-state index in [9.17, 15) is 15.0 Å². The molecule has 1 aromatic rings. The molecule has 0 spiro atoms. The number of benzene rings is 1. The number of carbonyl (C=O) groups excluding carboxylic acids is 1. The minimum absolute atomic E-state index is 0.282. The molecule has 0 saturated carbocycles. The van der Waals surface area contributed by atoms with Gasteiger partial charge in [0.15, 0.2) is 6.23 Å². The van der Waals surface area contributed by atoms with Gasteiger partial charge in [0.2, 0.25) is 0 Å².